The molecule has 1 atom stereocenters. The summed E-state index contributed by atoms with van der Waals surface area (Å²) >= 11 is 3.12. The zero-order chi connectivity index (χ0) is 21.8. The Morgan fingerprint density at radius 3 is 2.65 bits per heavy atom. The van der Waals surface area contributed by atoms with Gasteiger partial charge in [-0.25, -0.2) is 0 Å². The molecule has 0 aliphatic carbocycles. The first-order valence-electron chi connectivity index (χ1n) is 10.0. The monoisotopic (exact) mass is 448 g/mol. The normalized spacial score (nSPS) is 12.0. The lowest BCUT2D eigenvalue weighted by Crippen LogP contribution is -2.20. The quantitative estimate of drug-likeness (QED) is 0.376. The molecule has 0 saturated carbocycles. The summed E-state index contributed by atoms with van der Waals surface area (Å²) in [6.45, 7) is 4.02. The van der Waals surface area contributed by atoms with Gasteiger partial charge in [-0.1, -0.05) is 60.3 Å². The Balaban J connectivity index is 1.60. The van der Waals surface area contributed by atoms with E-state index in [0.29, 0.717) is 0 Å². The smallest absolute Gasteiger partial charge is 0.242 e. The van der Waals surface area contributed by atoms with Gasteiger partial charge in [-0.05, 0) is 48.1 Å². The molecule has 5 nitrogen and oxygen atoms in total. The second kappa shape index (κ2) is 9.49. The second-order valence-corrected chi connectivity index (χ2v) is 9.53. The number of benzene rings is 2. The molecule has 1 unspecified atom stereocenters. The summed E-state index contributed by atoms with van der Waals surface area (Å²) in [6, 6.07) is 20.0. The number of carbonyl (C=O) groups excluding carboxylic acids is 1. The minimum absolute atomic E-state index is 0.0762. The molecular formula is C24H24N4OS2. The molecule has 0 bridgehead atoms. The number of rotatable bonds is 7. The van der Waals surface area contributed by atoms with Gasteiger partial charge in [-0.3, -0.25) is 4.79 Å². The Morgan fingerprint density at radius 2 is 1.90 bits per heavy atom. The zero-order valence-electron chi connectivity index (χ0n) is 17.7. The Morgan fingerprint density at radius 1 is 1.10 bits per heavy atom. The van der Waals surface area contributed by atoms with Crippen LogP contribution in [0, 0.1) is 13.8 Å². The van der Waals surface area contributed by atoms with E-state index in [0.717, 1.165) is 39.8 Å². The molecule has 2 aromatic heterocycles. The van der Waals surface area contributed by atoms with E-state index in [1.165, 1.54) is 16.6 Å². The van der Waals surface area contributed by atoms with Crippen molar-refractivity contribution in [3.05, 3.63) is 93.4 Å². The van der Waals surface area contributed by atoms with Crippen LogP contribution in [-0.4, -0.2) is 20.7 Å². The van der Waals surface area contributed by atoms with E-state index in [1.54, 1.807) is 11.3 Å². The van der Waals surface area contributed by atoms with Crippen LogP contribution >= 0.6 is 23.1 Å². The number of hydrogen-bond acceptors (Lipinski definition) is 5. The van der Waals surface area contributed by atoms with Crippen LogP contribution in [0.15, 0.2) is 71.2 Å². The number of hydrogen-bond donors (Lipinski definition) is 1. The molecule has 1 N–H and O–H groups in total. The van der Waals surface area contributed by atoms with Crippen molar-refractivity contribution in [3.63, 3.8) is 0 Å². The van der Waals surface area contributed by atoms with Crippen LogP contribution < -0.4 is 5.32 Å². The van der Waals surface area contributed by atoms with Gasteiger partial charge in [0.2, 0.25) is 5.91 Å². The molecule has 2 heterocycles. The highest BCUT2D eigenvalue weighted by atomic mass is 32.2. The van der Waals surface area contributed by atoms with E-state index in [9.17, 15) is 4.79 Å². The van der Waals surface area contributed by atoms with E-state index < -0.39 is 5.25 Å². The molecular weight excluding hydrogens is 424 g/mol. The molecule has 4 rings (SSSR count). The fourth-order valence-electron chi connectivity index (χ4n) is 3.25. The molecule has 0 saturated heterocycles. The van der Waals surface area contributed by atoms with Crippen LogP contribution in [0.25, 0.3) is 0 Å². The summed E-state index contributed by atoms with van der Waals surface area (Å²) in [5.74, 6) is 0.805. The first-order chi connectivity index (χ1) is 15.0. The van der Waals surface area contributed by atoms with E-state index in [4.69, 9.17) is 0 Å². The lowest BCUT2D eigenvalue weighted by molar-refractivity contribution is -0.115. The summed E-state index contributed by atoms with van der Waals surface area (Å²) in [4.78, 5) is 14.6. The van der Waals surface area contributed by atoms with Crippen LogP contribution in [0.2, 0.25) is 0 Å². The Hall–Kier alpha value is -2.90. The number of amides is 1. The van der Waals surface area contributed by atoms with E-state index in [1.807, 2.05) is 80.1 Å². The first-order valence-corrected chi connectivity index (χ1v) is 11.8. The van der Waals surface area contributed by atoms with E-state index >= 15 is 0 Å². The fraction of sp³-hybridized carbons (Fsp3) is 0.208. The van der Waals surface area contributed by atoms with Gasteiger partial charge < -0.3 is 9.88 Å². The number of thiophene rings is 1. The number of anilines is 1. The van der Waals surface area contributed by atoms with Crippen LogP contribution in [-0.2, 0) is 18.3 Å². The maximum atomic E-state index is 13.4. The highest BCUT2D eigenvalue weighted by molar-refractivity contribution is 8.00. The summed E-state index contributed by atoms with van der Waals surface area (Å²) in [6.07, 6.45) is 0.729. The van der Waals surface area contributed by atoms with Crippen molar-refractivity contribution in [1.82, 2.24) is 14.8 Å². The van der Waals surface area contributed by atoms with Crippen molar-refractivity contribution in [2.24, 2.45) is 7.05 Å². The molecule has 0 aliphatic heterocycles. The predicted octanol–water partition coefficient (Wildman–Crippen LogP) is 5.56. The highest BCUT2D eigenvalue weighted by Gasteiger charge is 2.25. The van der Waals surface area contributed by atoms with Crippen molar-refractivity contribution in [3.8, 4) is 0 Å². The molecule has 0 fully saturated rings. The van der Waals surface area contributed by atoms with Crippen LogP contribution in [0.5, 0.6) is 0 Å². The van der Waals surface area contributed by atoms with Gasteiger partial charge in [0.1, 0.15) is 11.1 Å². The lowest BCUT2D eigenvalue weighted by Gasteiger charge is -2.18. The first kappa shape index (κ1) is 21.3. The van der Waals surface area contributed by atoms with Crippen molar-refractivity contribution in [2.75, 3.05) is 5.32 Å². The Kier molecular flexibility index (Phi) is 6.53. The third kappa shape index (κ3) is 5.06. The summed E-state index contributed by atoms with van der Waals surface area (Å²) in [5, 5.41) is 14.2. The molecule has 7 heteroatoms. The van der Waals surface area contributed by atoms with Gasteiger partial charge in [0, 0.05) is 24.0 Å². The number of thioether (sulfide) groups is 1. The Labute approximate surface area is 190 Å². The summed E-state index contributed by atoms with van der Waals surface area (Å²) in [7, 11) is 1.95. The Bertz CT molecular complexity index is 1170. The number of aryl methyl sites for hydroxylation is 2. The average molecular weight is 449 g/mol. The molecule has 0 spiro atoms. The fourth-order valence-corrected chi connectivity index (χ4v) is 4.97. The lowest BCUT2D eigenvalue weighted by atomic mass is 10.1. The van der Waals surface area contributed by atoms with E-state index in [2.05, 4.69) is 27.0 Å². The molecule has 0 aliphatic rings. The van der Waals surface area contributed by atoms with Gasteiger partial charge in [0.15, 0.2) is 5.16 Å². The SMILES string of the molecule is Cc1ccc(C)c(NC(=O)C(Sc2nnc(Cc3cccs3)n2C)c2ccccc2)c1. The highest BCUT2D eigenvalue weighted by Crippen LogP contribution is 2.36. The number of carbonyl (C=O) groups is 1. The molecule has 4 aromatic rings. The van der Waals surface area contributed by atoms with Gasteiger partial charge in [0.25, 0.3) is 0 Å². The van der Waals surface area contributed by atoms with Gasteiger partial charge in [0.05, 0.1) is 0 Å². The largest absolute Gasteiger partial charge is 0.325 e. The summed E-state index contributed by atoms with van der Waals surface area (Å²) in [5.41, 5.74) is 3.91. The molecule has 31 heavy (non-hydrogen) atoms. The number of aromatic nitrogens is 3. The average Bonchev–Trinajstić information content (AvgIpc) is 3.40. The topological polar surface area (TPSA) is 59.8 Å². The third-order valence-corrected chi connectivity index (χ3v) is 7.22. The molecule has 1 amide bonds. The maximum Gasteiger partial charge on any atom is 0.242 e. The zero-order valence-corrected chi connectivity index (χ0v) is 19.3. The minimum atomic E-state index is -0.446. The molecule has 158 valence electrons. The van der Waals surface area contributed by atoms with Gasteiger partial charge in [-0.15, -0.1) is 21.5 Å². The van der Waals surface area contributed by atoms with Crippen LogP contribution in [0.4, 0.5) is 5.69 Å². The standard InChI is InChI=1S/C24H24N4OS2/c1-16-11-12-17(2)20(14-16)25-23(29)22(18-8-5-4-6-9-18)31-24-27-26-21(28(24)3)15-19-10-7-13-30-19/h4-14,22H,15H2,1-3H3,(H,25,29). The molecule has 2 aromatic carbocycles. The van der Waals surface area contributed by atoms with Crippen LogP contribution in [0.1, 0.15) is 32.6 Å². The van der Waals surface area contributed by atoms with E-state index in [-0.39, 0.29) is 5.91 Å². The maximum absolute atomic E-state index is 13.4. The predicted molar refractivity (Wildman–Crippen MR) is 128 cm³/mol. The van der Waals surface area contributed by atoms with Crippen molar-refractivity contribution < 1.29 is 4.79 Å². The van der Waals surface area contributed by atoms with Crippen LogP contribution in [0.3, 0.4) is 0 Å². The summed E-state index contributed by atoms with van der Waals surface area (Å²) < 4.78 is 1.98. The van der Waals surface area contributed by atoms with Crippen molar-refractivity contribution in [2.45, 2.75) is 30.7 Å². The van der Waals surface area contributed by atoms with Crippen molar-refractivity contribution in [1.29, 1.82) is 0 Å². The minimum Gasteiger partial charge on any atom is -0.325 e. The third-order valence-electron chi connectivity index (χ3n) is 5.05. The number of nitrogens with one attached hydrogen (secondary N) is 1. The number of nitrogens with zero attached hydrogens (tertiary/aromatic N) is 3. The van der Waals surface area contributed by atoms with Gasteiger partial charge >= 0.3 is 0 Å². The molecule has 0 radical (unpaired) electrons. The second-order valence-electron chi connectivity index (χ2n) is 7.43. The van der Waals surface area contributed by atoms with Gasteiger partial charge in [-0.2, -0.15) is 0 Å². The van der Waals surface area contributed by atoms with Crippen molar-refractivity contribution >= 4 is 34.7 Å².